The summed E-state index contributed by atoms with van der Waals surface area (Å²) in [4.78, 5) is 5.25. The molecule has 0 aliphatic carbocycles. The first-order chi connectivity index (χ1) is 6.77. The van der Waals surface area contributed by atoms with Gasteiger partial charge in [0.15, 0.2) is 4.34 Å². The van der Waals surface area contributed by atoms with Crippen molar-refractivity contribution in [1.82, 2.24) is 9.36 Å². The smallest absolute Gasteiger partial charge is 0.174 e. The number of nitrogens with zero attached hydrogens (tertiary/aromatic N) is 2. The fraction of sp³-hybridized carbons (Fsp3) is 0.111. The van der Waals surface area contributed by atoms with E-state index in [-0.39, 0.29) is 0 Å². The topological polar surface area (TPSA) is 51.8 Å². The molecule has 1 aromatic carbocycles. The van der Waals surface area contributed by atoms with Gasteiger partial charge in [0.2, 0.25) is 0 Å². The van der Waals surface area contributed by atoms with Crippen molar-refractivity contribution < 1.29 is 0 Å². The van der Waals surface area contributed by atoms with E-state index in [2.05, 4.69) is 9.36 Å². The number of hydrogen-bond acceptors (Lipinski definition) is 5. The van der Waals surface area contributed by atoms with Crippen LogP contribution in [-0.4, -0.2) is 9.36 Å². The van der Waals surface area contributed by atoms with E-state index < -0.39 is 0 Å². The average molecular weight is 223 g/mol. The summed E-state index contributed by atoms with van der Waals surface area (Å²) >= 11 is 2.99. The van der Waals surface area contributed by atoms with E-state index in [1.807, 2.05) is 25.1 Å². The van der Waals surface area contributed by atoms with Crippen LogP contribution in [0.5, 0.6) is 0 Å². The lowest BCUT2D eigenvalue weighted by atomic mass is 10.2. The van der Waals surface area contributed by atoms with Crippen LogP contribution < -0.4 is 5.73 Å². The molecule has 0 aliphatic rings. The quantitative estimate of drug-likeness (QED) is 0.795. The minimum absolute atomic E-state index is 0.819. The molecule has 72 valence electrons. The lowest BCUT2D eigenvalue weighted by Gasteiger charge is -2.04. The summed E-state index contributed by atoms with van der Waals surface area (Å²) in [5, 5.41) is 0. The maximum absolute atomic E-state index is 5.80. The second-order valence-corrected chi connectivity index (χ2v) is 4.85. The molecular weight excluding hydrogens is 214 g/mol. The molecule has 0 saturated heterocycles. The average Bonchev–Trinajstić information content (AvgIpc) is 2.66. The lowest BCUT2D eigenvalue weighted by Crippen LogP contribution is -1.90. The molecule has 2 N–H and O–H groups in total. The third-order valence-electron chi connectivity index (χ3n) is 1.86. The number of hydrogen-bond donors (Lipinski definition) is 1. The maximum Gasteiger partial charge on any atom is 0.174 e. The molecule has 1 heterocycles. The first-order valence-corrected chi connectivity index (χ1v) is 5.66. The summed E-state index contributed by atoms with van der Waals surface area (Å²) in [6.45, 7) is 2.01. The Morgan fingerprint density at radius 3 is 3.00 bits per heavy atom. The molecule has 0 unspecified atom stereocenters. The van der Waals surface area contributed by atoms with E-state index in [1.165, 1.54) is 11.5 Å². The monoisotopic (exact) mass is 223 g/mol. The summed E-state index contributed by atoms with van der Waals surface area (Å²) in [7, 11) is 0. The van der Waals surface area contributed by atoms with Gasteiger partial charge in [-0.15, -0.1) is 0 Å². The van der Waals surface area contributed by atoms with E-state index in [9.17, 15) is 0 Å². The second-order valence-electron chi connectivity index (χ2n) is 2.78. The molecule has 0 fully saturated rings. The molecule has 0 amide bonds. The highest BCUT2D eigenvalue weighted by Gasteiger charge is 2.05. The number of benzene rings is 1. The first-order valence-electron chi connectivity index (χ1n) is 4.07. The van der Waals surface area contributed by atoms with Gasteiger partial charge in [0.25, 0.3) is 0 Å². The Balaban J connectivity index is 2.29. The first kappa shape index (κ1) is 9.48. The molecule has 0 saturated carbocycles. The van der Waals surface area contributed by atoms with Gasteiger partial charge in [0, 0.05) is 10.6 Å². The Bertz CT molecular complexity index is 426. The van der Waals surface area contributed by atoms with Crippen molar-refractivity contribution in [3.05, 3.63) is 30.1 Å². The number of aromatic nitrogens is 2. The highest BCUT2D eigenvalue weighted by atomic mass is 32.2. The van der Waals surface area contributed by atoms with Crippen LogP contribution in [0, 0.1) is 6.92 Å². The van der Waals surface area contributed by atoms with Gasteiger partial charge in [-0.3, -0.25) is 0 Å². The molecule has 0 radical (unpaired) electrons. The molecular formula is C9H9N3S2. The van der Waals surface area contributed by atoms with Crippen LogP contribution in [-0.2, 0) is 0 Å². The number of nitrogen functional groups attached to an aromatic ring is 1. The Morgan fingerprint density at radius 1 is 1.43 bits per heavy atom. The van der Waals surface area contributed by atoms with Crippen LogP contribution >= 0.6 is 23.3 Å². The fourth-order valence-corrected chi connectivity index (χ4v) is 2.58. The predicted octanol–water partition coefficient (Wildman–Crippen LogP) is 2.58. The zero-order valence-electron chi connectivity index (χ0n) is 7.60. The molecule has 14 heavy (non-hydrogen) atoms. The molecule has 2 aromatic rings. The molecule has 0 atom stereocenters. The van der Waals surface area contributed by atoms with Crippen molar-refractivity contribution in [1.29, 1.82) is 0 Å². The van der Waals surface area contributed by atoms with Gasteiger partial charge < -0.3 is 5.73 Å². The maximum atomic E-state index is 5.80. The zero-order valence-corrected chi connectivity index (χ0v) is 9.23. The number of anilines is 1. The van der Waals surface area contributed by atoms with E-state index in [0.717, 1.165) is 20.5 Å². The van der Waals surface area contributed by atoms with Crippen molar-refractivity contribution in [2.45, 2.75) is 16.2 Å². The Morgan fingerprint density at radius 2 is 2.29 bits per heavy atom. The van der Waals surface area contributed by atoms with Crippen LogP contribution in [0.25, 0.3) is 0 Å². The lowest BCUT2D eigenvalue weighted by molar-refractivity contribution is 1.20. The molecule has 1 aromatic heterocycles. The van der Waals surface area contributed by atoms with Gasteiger partial charge in [-0.25, -0.2) is 4.98 Å². The van der Waals surface area contributed by atoms with Gasteiger partial charge in [0.05, 0.1) is 0 Å². The summed E-state index contributed by atoms with van der Waals surface area (Å²) in [5.41, 5.74) is 7.73. The minimum Gasteiger partial charge on any atom is -0.398 e. The largest absolute Gasteiger partial charge is 0.398 e. The van der Waals surface area contributed by atoms with Crippen molar-refractivity contribution >= 4 is 29.0 Å². The third-order valence-corrected chi connectivity index (χ3v) is 3.74. The highest BCUT2D eigenvalue weighted by Crippen LogP contribution is 2.32. The van der Waals surface area contributed by atoms with Crippen LogP contribution in [0.15, 0.2) is 33.8 Å². The zero-order chi connectivity index (χ0) is 9.97. The van der Waals surface area contributed by atoms with Gasteiger partial charge in [-0.1, -0.05) is 17.8 Å². The Kier molecular flexibility index (Phi) is 2.69. The van der Waals surface area contributed by atoms with Crippen molar-refractivity contribution in [2.24, 2.45) is 0 Å². The van der Waals surface area contributed by atoms with Crippen LogP contribution in [0.1, 0.15) is 5.56 Å². The Labute approximate surface area is 90.5 Å². The molecule has 3 nitrogen and oxygen atoms in total. The van der Waals surface area contributed by atoms with E-state index in [1.54, 1.807) is 18.1 Å². The minimum atomic E-state index is 0.819. The predicted molar refractivity (Wildman–Crippen MR) is 59.6 cm³/mol. The molecule has 0 spiro atoms. The second kappa shape index (κ2) is 3.98. The van der Waals surface area contributed by atoms with Crippen molar-refractivity contribution in [3.8, 4) is 0 Å². The van der Waals surface area contributed by atoms with Gasteiger partial charge >= 0.3 is 0 Å². The standard InChI is InChI=1S/C9H9N3S2/c1-6-7(10)3-2-4-8(6)13-9-11-5-12-14-9/h2-5H,10H2,1H3. The molecule has 0 aliphatic heterocycles. The summed E-state index contributed by atoms with van der Waals surface area (Å²) in [6.07, 6.45) is 1.56. The molecule has 5 heteroatoms. The summed E-state index contributed by atoms with van der Waals surface area (Å²) in [6, 6.07) is 5.89. The van der Waals surface area contributed by atoms with Crippen LogP contribution in [0.2, 0.25) is 0 Å². The normalized spacial score (nSPS) is 10.4. The highest BCUT2D eigenvalue weighted by molar-refractivity contribution is 8.01. The summed E-state index contributed by atoms with van der Waals surface area (Å²) in [5.74, 6) is 0. The van der Waals surface area contributed by atoms with Gasteiger partial charge in [-0.2, -0.15) is 4.37 Å². The van der Waals surface area contributed by atoms with E-state index in [4.69, 9.17) is 5.73 Å². The van der Waals surface area contributed by atoms with Crippen LogP contribution in [0.3, 0.4) is 0 Å². The third kappa shape index (κ3) is 1.88. The van der Waals surface area contributed by atoms with E-state index in [0.29, 0.717) is 0 Å². The number of nitrogens with two attached hydrogens (primary N) is 1. The fourth-order valence-electron chi connectivity index (χ4n) is 1.04. The van der Waals surface area contributed by atoms with E-state index >= 15 is 0 Å². The molecule has 0 bridgehead atoms. The number of rotatable bonds is 2. The van der Waals surface area contributed by atoms with Crippen molar-refractivity contribution in [3.63, 3.8) is 0 Å². The van der Waals surface area contributed by atoms with Gasteiger partial charge in [0.1, 0.15) is 6.33 Å². The summed E-state index contributed by atoms with van der Waals surface area (Å²) < 4.78 is 4.89. The van der Waals surface area contributed by atoms with Crippen molar-refractivity contribution in [2.75, 3.05) is 5.73 Å². The molecule has 2 rings (SSSR count). The SMILES string of the molecule is Cc1c(N)cccc1Sc1ncns1. The Hall–Kier alpha value is -1.07. The van der Waals surface area contributed by atoms with Gasteiger partial charge in [-0.05, 0) is 36.2 Å². The van der Waals surface area contributed by atoms with Crippen LogP contribution in [0.4, 0.5) is 5.69 Å².